The Bertz CT molecular complexity index is 214. The summed E-state index contributed by atoms with van der Waals surface area (Å²) in [5, 5.41) is 8.19. The molecule has 4 heteroatoms. The normalized spacial score (nSPS) is 25.1. The van der Waals surface area contributed by atoms with E-state index in [0.717, 1.165) is 0 Å². The van der Waals surface area contributed by atoms with Crippen molar-refractivity contribution in [1.29, 1.82) is 5.26 Å². The number of hydrogen-bond donors (Lipinski definition) is 0. The fourth-order valence-electron chi connectivity index (χ4n) is 0.995. The first-order valence-corrected chi connectivity index (χ1v) is 3.30. The summed E-state index contributed by atoms with van der Waals surface area (Å²) in [7, 11) is 0. The molecule has 1 rings (SSSR count). The van der Waals surface area contributed by atoms with Gasteiger partial charge in [-0.2, -0.15) is 18.4 Å². The van der Waals surface area contributed by atoms with Crippen LogP contribution in [-0.4, -0.2) is 6.18 Å². The second kappa shape index (κ2) is 2.40. The van der Waals surface area contributed by atoms with Gasteiger partial charge in [-0.25, -0.2) is 0 Å². The Balaban J connectivity index is 2.58. The van der Waals surface area contributed by atoms with Crippen LogP contribution in [-0.2, 0) is 0 Å². The molecular weight excluding hydrogens is 155 g/mol. The van der Waals surface area contributed by atoms with E-state index in [1.807, 2.05) is 0 Å². The quantitative estimate of drug-likeness (QED) is 0.615. The summed E-state index contributed by atoms with van der Waals surface area (Å²) in [6.45, 7) is 0. The maximum Gasteiger partial charge on any atom is 0.394 e. The third kappa shape index (κ3) is 1.47. The Kier molecular flexibility index (Phi) is 1.52. The molecule has 0 N–H and O–H groups in total. The molecule has 0 aromatic heterocycles. The van der Waals surface area contributed by atoms with Crippen LogP contribution in [0.15, 0.2) is 0 Å². The van der Waals surface area contributed by atoms with E-state index in [4.69, 9.17) is 6.63 Å². The number of nitrogens with zero attached hydrogens (tertiary/aromatic N) is 1. The van der Waals surface area contributed by atoms with Crippen molar-refractivity contribution in [3.8, 4) is 6.07 Å². The van der Waals surface area contributed by atoms with Crippen molar-refractivity contribution < 1.29 is 14.5 Å². The monoisotopic (exact) mass is 164 g/mol. The molecule has 1 unspecified atom stereocenters. The number of rotatable bonds is 2. The minimum absolute atomic E-state index is 0.0769. The summed E-state index contributed by atoms with van der Waals surface area (Å²) in [5.74, 6) is 0. The van der Waals surface area contributed by atoms with E-state index >= 15 is 0 Å². The molecule has 1 atom stereocenters. The zero-order valence-corrected chi connectivity index (χ0v) is 5.78. The van der Waals surface area contributed by atoms with Gasteiger partial charge in [-0.1, -0.05) is 0 Å². The van der Waals surface area contributed by atoms with E-state index in [1.54, 1.807) is 0 Å². The molecule has 1 saturated carbocycles. The molecule has 0 heterocycles. The van der Waals surface area contributed by atoms with Gasteiger partial charge in [0.05, 0.1) is 11.5 Å². The van der Waals surface area contributed by atoms with Crippen molar-refractivity contribution in [1.82, 2.24) is 0 Å². The molecule has 0 radical (unpaired) electrons. The molecule has 62 valence electrons. The summed E-state index contributed by atoms with van der Waals surface area (Å²) in [6.07, 6.45) is -5.69. The molecule has 0 aromatic rings. The van der Waals surface area contributed by atoms with Gasteiger partial charge in [0.1, 0.15) is 0 Å². The Labute approximate surface area is 64.2 Å². The summed E-state index contributed by atoms with van der Waals surface area (Å²) < 4.78 is 43.5. The van der Waals surface area contributed by atoms with Gasteiger partial charge in [0.2, 0.25) is 0 Å². The van der Waals surface area contributed by atoms with E-state index < -0.39 is 18.0 Å². The Hall–Kier alpha value is -0.720. The van der Waals surface area contributed by atoms with Crippen LogP contribution in [0.2, 0.25) is 0 Å². The summed E-state index contributed by atoms with van der Waals surface area (Å²) >= 11 is 0. The highest BCUT2D eigenvalue weighted by Crippen LogP contribution is 2.60. The Morgan fingerprint density at radius 1 is 1.55 bits per heavy atom. The summed E-state index contributed by atoms with van der Waals surface area (Å²) in [6, 6.07) is 1.50. The van der Waals surface area contributed by atoms with E-state index in [0.29, 0.717) is 0 Å². The van der Waals surface area contributed by atoms with Gasteiger partial charge in [0.15, 0.2) is 0 Å². The van der Waals surface area contributed by atoms with Crippen molar-refractivity contribution in [3.63, 3.8) is 0 Å². The first-order valence-electron chi connectivity index (χ1n) is 3.88. The van der Waals surface area contributed by atoms with Crippen LogP contribution in [0.5, 0.6) is 0 Å². The summed E-state index contributed by atoms with van der Waals surface area (Å²) in [5.41, 5.74) is -1.70. The van der Waals surface area contributed by atoms with E-state index in [1.165, 1.54) is 6.07 Å². The van der Waals surface area contributed by atoms with Crippen LogP contribution in [0.3, 0.4) is 0 Å². The average Bonchev–Trinajstić information content (AvgIpc) is 2.67. The van der Waals surface area contributed by atoms with Crippen LogP contribution in [0, 0.1) is 16.7 Å². The standard InChI is InChI=1S/C7H8F3N/c8-7(9,10)6(3-4-6)2-1-5-11/h1-4H2/i1D. The molecule has 0 spiro atoms. The highest BCUT2D eigenvalue weighted by atomic mass is 19.4. The van der Waals surface area contributed by atoms with Crippen molar-refractivity contribution in [2.24, 2.45) is 5.41 Å². The van der Waals surface area contributed by atoms with Crippen LogP contribution >= 0.6 is 0 Å². The number of alkyl halides is 3. The van der Waals surface area contributed by atoms with Gasteiger partial charge in [0, 0.05) is 7.77 Å². The molecule has 0 aliphatic heterocycles. The fourth-order valence-corrected chi connectivity index (χ4v) is 0.995. The average molecular weight is 164 g/mol. The Morgan fingerprint density at radius 2 is 2.09 bits per heavy atom. The van der Waals surface area contributed by atoms with Gasteiger partial charge >= 0.3 is 6.18 Å². The smallest absolute Gasteiger partial charge is 0.198 e. The van der Waals surface area contributed by atoms with E-state index in [2.05, 4.69) is 0 Å². The topological polar surface area (TPSA) is 23.8 Å². The first-order chi connectivity index (χ1) is 5.41. The second-order valence-corrected chi connectivity index (χ2v) is 2.82. The highest BCUT2D eigenvalue weighted by molar-refractivity contribution is 5.00. The first kappa shape index (κ1) is 6.96. The molecule has 1 aliphatic rings. The molecule has 11 heavy (non-hydrogen) atoms. The third-order valence-corrected chi connectivity index (χ3v) is 2.04. The van der Waals surface area contributed by atoms with Crippen LogP contribution < -0.4 is 0 Å². The fraction of sp³-hybridized carbons (Fsp3) is 0.857. The highest BCUT2D eigenvalue weighted by Gasteiger charge is 2.62. The Morgan fingerprint density at radius 3 is 2.36 bits per heavy atom. The van der Waals surface area contributed by atoms with Crippen LogP contribution in [0.4, 0.5) is 13.2 Å². The maximum absolute atomic E-state index is 12.2. The van der Waals surface area contributed by atoms with Gasteiger partial charge in [0.25, 0.3) is 0 Å². The van der Waals surface area contributed by atoms with E-state index in [9.17, 15) is 13.2 Å². The maximum atomic E-state index is 12.2. The SMILES string of the molecule is [2H]C(C#N)CC1(C(F)(F)F)CC1. The lowest BCUT2D eigenvalue weighted by Gasteiger charge is -2.16. The van der Waals surface area contributed by atoms with Crippen LogP contribution in [0.25, 0.3) is 0 Å². The minimum atomic E-state index is -4.23. The predicted octanol–water partition coefficient (Wildman–Crippen LogP) is 2.63. The molecular formula is C7H8F3N. The molecule has 0 aromatic carbocycles. The lowest BCUT2D eigenvalue weighted by molar-refractivity contribution is -0.188. The minimum Gasteiger partial charge on any atom is -0.198 e. The third-order valence-electron chi connectivity index (χ3n) is 2.04. The van der Waals surface area contributed by atoms with Gasteiger partial charge < -0.3 is 0 Å². The lowest BCUT2D eigenvalue weighted by Crippen LogP contribution is -2.24. The lowest BCUT2D eigenvalue weighted by atomic mass is 10.0. The molecule has 1 fully saturated rings. The van der Waals surface area contributed by atoms with Crippen molar-refractivity contribution >= 4 is 0 Å². The second-order valence-electron chi connectivity index (χ2n) is 2.82. The molecule has 1 aliphatic carbocycles. The number of hydrogen-bond acceptors (Lipinski definition) is 1. The van der Waals surface area contributed by atoms with Crippen molar-refractivity contribution in [2.45, 2.75) is 31.8 Å². The van der Waals surface area contributed by atoms with Crippen LogP contribution in [0.1, 0.15) is 27.0 Å². The molecule has 0 amide bonds. The number of nitriles is 1. The van der Waals surface area contributed by atoms with Crippen molar-refractivity contribution in [3.05, 3.63) is 0 Å². The summed E-state index contributed by atoms with van der Waals surface area (Å²) in [4.78, 5) is 0. The number of halogens is 3. The zero-order valence-electron chi connectivity index (χ0n) is 6.78. The molecule has 0 saturated heterocycles. The van der Waals surface area contributed by atoms with Gasteiger partial charge in [-0.3, -0.25) is 0 Å². The van der Waals surface area contributed by atoms with Gasteiger partial charge in [-0.05, 0) is 19.3 Å². The molecule has 0 bridgehead atoms. The predicted molar refractivity (Wildman–Crippen MR) is 32.6 cm³/mol. The van der Waals surface area contributed by atoms with Gasteiger partial charge in [-0.15, -0.1) is 0 Å². The van der Waals surface area contributed by atoms with E-state index in [-0.39, 0.29) is 19.3 Å². The zero-order chi connectivity index (χ0) is 9.41. The molecule has 1 nitrogen and oxygen atoms in total. The largest absolute Gasteiger partial charge is 0.394 e. The van der Waals surface area contributed by atoms with Crippen molar-refractivity contribution in [2.75, 3.05) is 0 Å².